The van der Waals surface area contributed by atoms with Gasteiger partial charge in [0.15, 0.2) is 11.4 Å². The molecule has 1 aromatic heterocycles. The van der Waals surface area contributed by atoms with Crippen LogP contribution in [0, 0.1) is 11.8 Å². The number of benzene rings is 1. The number of carbonyl (C=O) groups excluding carboxylic acids is 3. The van der Waals surface area contributed by atoms with Gasteiger partial charge in [-0.1, -0.05) is 0 Å². The molecule has 0 aliphatic heterocycles. The smallest absolute Gasteiger partial charge is 0.255 e. The zero-order chi connectivity index (χ0) is 32.2. The molecule has 0 saturated carbocycles. The van der Waals surface area contributed by atoms with E-state index in [1.165, 1.54) is 4.90 Å². The Labute approximate surface area is 254 Å². The fraction of sp³-hybridized carbons (Fsp3) is 0.452. The Balaban J connectivity index is 1.64. The molecule has 3 aliphatic carbocycles. The van der Waals surface area contributed by atoms with Gasteiger partial charge in [-0.15, -0.1) is 0 Å². The van der Waals surface area contributed by atoms with Crippen LogP contribution in [0.25, 0.3) is 11.3 Å². The Kier molecular flexibility index (Phi) is 8.10. The normalized spacial score (nSPS) is 24.8. The summed E-state index contributed by atoms with van der Waals surface area (Å²) in [5.41, 5.74) is 2.99. The lowest BCUT2D eigenvalue weighted by Gasteiger charge is -2.50. The van der Waals surface area contributed by atoms with E-state index >= 15 is 0 Å². The first-order valence-corrected chi connectivity index (χ1v) is 14.2. The lowest BCUT2D eigenvalue weighted by Crippen LogP contribution is -2.63. The fourth-order valence-electron chi connectivity index (χ4n) is 6.89. The number of fused-ring (bicyclic) bond motifs is 3. The second-order valence-electron chi connectivity index (χ2n) is 11.9. The second kappa shape index (κ2) is 11.4. The second-order valence-corrected chi connectivity index (χ2v) is 11.9. The molecule has 236 valence electrons. The van der Waals surface area contributed by atoms with E-state index in [9.17, 15) is 34.8 Å². The Morgan fingerprint density at radius 3 is 2.50 bits per heavy atom. The van der Waals surface area contributed by atoms with E-state index in [-0.39, 0.29) is 35.3 Å². The number of carbonyl (C=O) groups is 3. The number of ether oxygens (including phenoxy) is 1. The summed E-state index contributed by atoms with van der Waals surface area (Å²) in [5.74, 6) is -6.03. The van der Waals surface area contributed by atoms with Crippen LogP contribution < -0.4 is 16.0 Å². The number of nitrogens with zero attached hydrogens (tertiary/aromatic N) is 2. The molecule has 7 N–H and O–H groups in total. The first-order valence-electron chi connectivity index (χ1n) is 14.2. The number of furan rings is 1. The van der Waals surface area contributed by atoms with Crippen LogP contribution >= 0.6 is 0 Å². The number of phenols is 1. The van der Waals surface area contributed by atoms with Crippen molar-refractivity contribution in [1.82, 2.24) is 10.2 Å². The highest BCUT2D eigenvalue weighted by Crippen LogP contribution is 2.54. The molecular weight excluding hydrogens is 572 g/mol. The minimum atomic E-state index is -2.70. The number of phenolic OH excluding ortho intramolecular Hbond substituents is 1. The Morgan fingerprint density at radius 2 is 1.89 bits per heavy atom. The summed E-state index contributed by atoms with van der Waals surface area (Å²) in [7, 11) is 8.38. The summed E-state index contributed by atoms with van der Waals surface area (Å²) in [4.78, 5) is 43.3. The molecule has 2 aromatic rings. The zero-order valence-electron chi connectivity index (χ0n) is 25.3. The lowest BCUT2D eigenvalue weighted by molar-refractivity contribution is -0.148. The molecule has 1 heterocycles. The number of likely N-dealkylation sites (N-methyl/N-ethyl adjacent to an activating group) is 1. The summed E-state index contributed by atoms with van der Waals surface area (Å²) in [6.45, 7) is 1.54. The molecule has 0 radical (unpaired) electrons. The highest BCUT2D eigenvalue weighted by molar-refractivity contribution is 6.25. The van der Waals surface area contributed by atoms with E-state index in [0.717, 1.165) is 0 Å². The van der Waals surface area contributed by atoms with Gasteiger partial charge in [-0.25, -0.2) is 0 Å². The first kappa shape index (κ1) is 31.3. The molecule has 0 fully saturated rings. The van der Waals surface area contributed by atoms with Crippen LogP contribution in [0.3, 0.4) is 0 Å². The molecule has 0 saturated heterocycles. The molecule has 0 bridgehead atoms. The van der Waals surface area contributed by atoms with Crippen molar-refractivity contribution in [2.45, 2.75) is 31.0 Å². The number of nitrogens with two attached hydrogens (primary N) is 1. The summed E-state index contributed by atoms with van der Waals surface area (Å²) < 4.78 is 11.0. The maximum atomic E-state index is 14.2. The zero-order valence-corrected chi connectivity index (χ0v) is 25.3. The van der Waals surface area contributed by atoms with E-state index < -0.39 is 58.0 Å². The van der Waals surface area contributed by atoms with Crippen LogP contribution in [0.4, 0.5) is 5.69 Å². The van der Waals surface area contributed by atoms with Gasteiger partial charge in [-0.3, -0.25) is 19.3 Å². The minimum absolute atomic E-state index is 0.0127. The minimum Gasteiger partial charge on any atom is -0.510 e. The highest BCUT2D eigenvalue weighted by Gasteiger charge is 2.63. The number of allylic oxidation sites excluding steroid dienone is 1. The van der Waals surface area contributed by atoms with E-state index in [4.69, 9.17) is 14.9 Å². The number of Topliss-reactive ketones (excluding diaryl/α,β-unsaturated/α-hetero) is 2. The number of aliphatic hydroxyl groups excluding tert-OH is 2. The number of nitrogens with one attached hydrogen (secondary N) is 1. The molecule has 13 heteroatoms. The molecule has 5 rings (SSSR count). The maximum Gasteiger partial charge on any atom is 0.255 e. The largest absolute Gasteiger partial charge is 0.510 e. The molecule has 0 unspecified atom stereocenters. The van der Waals surface area contributed by atoms with Crippen LogP contribution in [0.15, 0.2) is 45.3 Å². The molecule has 0 spiro atoms. The molecular formula is C31H38N4O9. The average Bonchev–Trinajstić information content (AvgIpc) is 3.41. The number of ketones is 2. The Morgan fingerprint density at radius 1 is 1.18 bits per heavy atom. The lowest BCUT2D eigenvalue weighted by atomic mass is 9.58. The standard InChI is InChI=1S/C31H38N4O9/c1-34(2)19-12-17(20-7-6-15(44-20)13-33-8-9-43-5)25(36)22-16(19)10-14-11-18-24(35(3)4)27(38)23(30(32)41)29(40)31(18,42)28(39)21(14)26(22)37/h6-7,12,14,18,24,33,36,38-39,42H,8-11,13H2,1-5H3,(H2,32,41)/t14-,18-,24-,31-/m0/s1. The van der Waals surface area contributed by atoms with Crippen LogP contribution in [0.2, 0.25) is 0 Å². The number of primary amides is 1. The highest BCUT2D eigenvalue weighted by atomic mass is 16.5. The quantitative estimate of drug-likeness (QED) is 0.175. The van der Waals surface area contributed by atoms with Crippen LogP contribution in [-0.4, -0.2) is 103 Å². The van der Waals surface area contributed by atoms with E-state index in [0.29, 0.717) is 42.5 Å². The van der Waals surface area contributed by atoms with Crippen molar-refractivity contribution in [2.24, 2.45) is 17.6 Å². The molecule has 4 atom stereocenters. The Hall–Kier alpha value is -4.17. The number of aromatic hydroxyl groups is 1. The molecule has 13 nitrogen and oxygen atoms in total. The van der Waals surface area contributed by atoms with E-state index in [1.807, 2.05) is 0 Å². The van der Waals surface area contributed by atoms with Gasteiger partial charge in [0.05, 0.1) is 30.3 Å². The van der Waals surface area contributed by atoms with Crippen LogP contribution in [0.5, 0.6) is 5.75 Å². The number of hydrogen-bond acceptors (Lipinski definition) is 12. The van der Waals surface area contributed by atoms with Crippen molar-refractivity contribution in [2.75, 3.05) is 53.4 Å². The summed E-state index contributed by atoms with van der Waals surface area (Å²) >= 11 is 0. The molecule has 44 heavy (non-hydrogen) atoms. The first-order chi connectivity index (χ1) is 20.7. The van der Waals surface area contributed by atoms with Gasteiger partial charge in [0.2, 0.25) is 5.78 Å². The molecule has 3 aliphatic rings. The number of anilines is 1. The van der Waals surface area contributed by atoms with Crippen molar-refractivity contribution >= 4 is 23.2 Å². The van der Waals surface area contributed by atoms with Gasteiger partial charge in [0.25, 0.3) is 5.91 Å². The van der Waals surface area contributed by atoms with Gasteiger partial charge in [-0.2, -0.15) is 0 Å². The Bertz CT molecular complexity index is 1600. The van der Waals surface area contributed by atoms with Crippen molar-refractivity contribution in [3.8, 4) is 17.1 Å². The third-order valence-corrected chi connectivity index (χ3v) is 8.89. The summed E-state index contributed by atoms with van der Waals surface area (Å²) in [6.07, 6.45) is 0.196. The third-order valence-electron chi connectivity index (χ3n) is 8.89. The van der Waals surface area contributed by atoms with Gasteiger partial charge in [0.1, 0.15) is 34.4 Å². The number of amides is 1. The summed E-state index contributed by atoms with van der Waals surface area (Å²) in [6, 6.07) is 4.11. The van der Waals surface area contributed by atoms with Crippen molar-refractivity contribution in [3.05, 3.63) is 57.8 Å². The maximum absolute atomic E-state index is 14.2. The SMILES string of the molecule is COCCNCc1ccc(-c2cc(N(C)C)c3c(c2O)C(=O)C2=C(O)[C@]4(O)C(=O)C(C(N)=O)=C(O)[C@@H](N(C)C)[C@@H]4C[C@@H]2C3)o1. The topological polar surface area (TPSA) is 199 Å². The van der Waals surface area contributed by atoms with Gasteiger partial charge < -0.3 is 45.5 Å². The molecule has 1 aromatic carbocycles. The monoisotopic (exact) mass is 610 g/mol. The van der Waals surface area contributed by atoms with Crippen molar-refractivity contribution < 1.29 is 44.0 Å². The van der Waals surface area contributed by atoms with Gasteiger partial charge >= 0.3 is 0 Å². The average molecular weight is 611 g/mol. The number of aliphatic hydroxyl groups is 3. The fourth-order valence-corrected chi connectivity index (χ4v) is 6.89. The van der Waals surface area contributed by atoms with Crippen LogP contribution in [-0.2, 0) is 27.3 Å². The molecule has 1 amide bonds. The van der Waals surface area contributed by atoms with Gasteiger partial charge in [0, 0.05) is 44.9 Å². The number of hydrogen-bond donors (Lipinski definition) is 6. The summed E-state index contributed by atoms with van der Waals surface area (Å²) in [5, 5.41) is 49.1. The van der Waals surface area contributed by atoms with E-state index in [1.54, 1.807) is 58.4 Å². The third kappa shape index (κ3) is 4.67. The van der Waals surface area contributed by atoms with Crippen molar-refractivity contribution in [1.29, 1.82) is 0 Å². The van der Waals surface area contributed by atoms with E-state index in [2.05, 4.69) is 5.32 Å². The number of rotatable bonds is 9. The predicted molar refractivity (Wildman–Crippen MR) is 159 cm³/mol. The van der Waals surface area contributed by atoms with Gasteiger partial charge in [-0.05, 0) is 56.6 Å². The van der Waals surface area contributed by atoms with Crippen molar-refractivity contribution in [3.63, 3.8) is 0 Å². The van der Waals surface area contributed by atoms with Crippen LogP contribution in [0.1, 0.15) is 28.1 Å². The number of methoxy groups -OCH3 is 1. The predicted octanol–water partition coefficient (Wildman–Crippen LogP) is 1.18.